The molecule has 4 nitrogen and oxygen atoms in total. The van der Waals surface area contributed by atoms with E-state index in [1.807, 2.05) is 13.0 Å². The van der Waals surface area contributed by atoms with Crippen LogP contribution >= 0.6 is 0 Å². The van der Waals surface area contributed by atoms with Gasteiger partial charge in [0.15, 0.2) is 8.32 Å². The zero-order valence-electron chi connectivity index (χ0n) is 14.9. The average Bonchev–Trinajstić information content (AvgIpc) is 2.77. The van der Waals surface area contributed by atoms with E-state index in [-0.39, 0.29) is 17.1 Å². The fourth-order valence-electron chi connectivity index (χ4n) is 2.07. The maximum Gasteiger partial charge on any atom is 0.192 e. The Hall–Kier alpha value is -0.623. The first kappa shape index (κ1) is 19.4. The van der Waals surface area contributed by atoms with Crippen molar-refractivity contribution in [3.63, 3.8) is 0 Å². The highest BCUT2D eigenvalue weighted by Gasteiger charge is 2.40. The fourth-order valence-corrected chi connectivity index (χ4v) is 3.09. The lowest BCUT2D eigenvalue weighted by molar-refractivity contribution is -0.0353. The van der Waals surface area contributed by atoms with E-state index in [9.17, 15) is 5.11 Å². The van der Waals surface area contributed by atoms with Crippen molar-refractivity contribution in [3.05, 3.63) is 24.5 Å². The Kier molecular flexibility index (Phi) is 6.86. The van der Waals surface area contributed by atoms with Crippen LogP contribution in [0.15, 0.2) is 24.5 Å². The van der Waals surface area contributed by atoms with E-state index in [1.54, 1.807) is 6.26 Å². The molecule has 1 aliphatic heterocycles. The summed E-state index contributed by atoms with van der Waals surface area (Å²) in [4.78, 5) is 0. The van der Waals surface area contributed by atoms with Crippen molar-refractivity contribution in [3.8, 4) is 0 Å². The predicted molar refractivity (Wildman–Crippen MR) is 92.3 cm³/mol. The van der Waals surface area contributed by atoms with Gasteiger partial charge in [0.05, 0.1) is 32.2 Å². The molecule has 22 heavy (non-hydrogen) atoms. The smallest absolute Gasteiger partial charge is 0.192 e. The molecule has 1 heterocycles. The predicted octanol–water partition coefficient (Wildman–Crippen LogP) is 3.49. The first-order valence-electron chi connectivity index (χ1n) is 7.99. The third kappa shape index (κ3) is 4.95. The van der Waals surface area contributed by atoms with E-state index in [0.717, 1.165) is 5.57 Å². The maximum atomic E-state index is 10.5. The molecular weight excluding hydrogens is 296 g/mol. The molecule has 0 radical (unpaired) electrons. The highest BCUT2D eigenvalue weighted by Crippen LogP contribution is 2.37. The van der Waals surface area contributed by atoms with Gasteiger partial charge in [-0.2, -0.15) is 0 Å². The van der Waals surface area contributed by atoms with Crippen LogP contribution in [0.25, 0.3) is 0 Å². The molecule has 1 aliphatic rings. The number of aliphatic hydroxyl groups excluding tert-OH is 1. The number of rotatable bonds is 7. The second-order valence-electron chi connectivity index (χ2n) is 7.38. The molecule has 128 valence electrons. The van der Waals surface area contributed by atoms with Gasteiger partial charge >= 0.3 is 0 Å². The van der Waals surface area contributed by atoms with Crippen LogP contribution in [0.1, 0.15) is 27.7 Å². The van der Waals surface area contributed by atoms with Gasteiger partial charge in [0.1, 0.15) is 6.10 Å². The van der Waals surface area contributed by atoms with Crippen LogP contribution in [0, 0.1) is 5.92 Å². The van der Waals surface area contributed by atoms with E-state index in [2.05, 4.69) is 40.4 Å². The summed E-state index contributed by atoms with van der Waals surface area (Å²) >= 11 is 0. The zero-order chi connectivity index (χ0) is 17.0. The summed E-state index contributed by atoms with van der Waals surface area (Å²) in [7, 11) is -1.87. The van der Waals surface area contributed by atoms with Crippen molar-refractivity contribution in [2.24, 2.45) is 5.92 Å². The Morgan fingerprint density at radius 3 is 2.64 bits per heavy atom. The van der Waals surface area contributed by atoms with Crippen molar-refractivity contribution in [2.45, 2.75) is 58.0 Å². The minimum absolute atomic E-state index is 0.0236. The molecule has 5 heteroatoms. The van der Waals surface area contributed by atoms with Gasteiger partial charge in [0, 0.05) is 5.92 Å². The third-order valence-electron chi connectivity index (χ3n) is 4.64. The summed E-state index contributed by atoms with van der Waals surface area (Å²) in [6.07, 6.45) is 2.61. The normalized spacial score (nSPS) is 25.0. The van der Waals surface area contributed by atoms with E-state index >= 15 is 0 Å². The quantitative estimate of drug-likeness (QED) is 0.441. The molecule has 0 spiro atoms. The van der Waals surface area contributed by atoms with Gasteiger partial charge < -0.3 is 19.0 Å². The van der Waals surface area contributed by atoms with Crippen LogP contribution in [-0.4, -0.2) is 45.5 Å². The van der Waals surface area contributed by atoms with Gasteiger partial charge in [-0.05, 0) is 36.7 Å². The molecule has 0 bridgehead atoms. The lowest BCUT2D eigenvalue weighted by Gasteiger charge is -2.37. The standard InChI is InChI=1S/C17H32O4Si/c1-8-19-10-9-14-13(2)11-20-16(14)15(18)12-21-22(6,7)17(3,4)5/h9-10,14-16,18H,2,8,11-12H2,1,3-7H3/b10-9+/t14-,15-,16+/m1/s1. The minimum Gasteiger partial charge on any atom is -0.502 e. The molecule has 0 aliphatic carbocycles. The van der Waals surface area contributed by atoms with Crippen molar-refractivity contribution >= 4 is 8.32 Å². The van der Waals surface area contributed by atoms with Gasteiger partial charge in [-0.3, -0.25) is 0 Å². The molecule has 0 aromatic heterocycles. The monoisotopic (exact) mass is 328 g/mol. The van der Waals surface area contributed by atoms with Gasteiger partial charge in [0.25, 0.3) is 0 Å². The van der Waals surface area contributed by atoms with E-state index in [0.29, 0.717) is 19.8 Å². The molecule has 3 atom stereocenters. The lowest BCUT2D eigenvalue weighted by Crippen LogP contribution is -2.45. The Morgan fingerprint density at radius 1 is 1.45 bits per heavy atom. The zero-order valence-corrected chi connectivity index (χ0v) is 15.9. The van der Waals surface area contributed by atoms with Crippen molar-refractivity contribution in [2.75, 3.05) is 19.8 Å². The second-order valence-corrected chi connectivity index (χ2v) is 12.2. The van der Waals surface area contributed by atoms with Crippen molar-refractivity contribution < 1.29 is 19.0 Å². The topological polar surface area (TPSA) is 47.9 Å². The summed E-state index contributed by atoms with van der Waals surface area (Å²) in [5, 5.41) is 10.6. The first-order valence-corrected chi connectivity index (χ1v) is 10.9. The molecule has 1 N–H and O–H groups in total. The number of hydrogen-bond donors (Lipinski definition) is 1. The minimum atomic E-state index is -1.87. The van der Waals surface area contributed by atoms with Crippen molar-refractivity contribution in [1.29, 1.82) is 0 Å². The molecule has 0 aromatic carbocycles. The summed E-state index contributed by atoms with van der Waals surface area (Å²) in [6, 6.07) is 0. The number of ether oxygens (including phenoxy) is 2. The molecular formula is C17H32O4Si. The SMILES string of the molecule is C=C1CO[C@H]([C@H](O)CO[Si](C)(C)C(C)(C)C)[C@@H]1/C=C/OCC. The highest BCUT2D eigenvalue weighted by molar-refractivity contribution is 6.74. The summed E-state index contributed by atoms with van der Waals surface area (Å²) in [5.74, 6) is -0.0236. The number of hydrogen-bond acceptors (Lipinski definition) is 4. The summed E-state index contributed by atoms with van der Waals surface area (Å²) < 4.78 is 17.0. The highest BCUT2D eigenvalue weighted by atomic mass is 28.4. The average molecular weight is 329 g/mol. The molecule has 0 aromatic rings. The largest absolute Gasteiger partial charge is 0.502 e. The Bertz CT molecular complexity index is 398. The van der Waals surface area contributed by atoms with Gasteiger partial charge in [0.2, 0.25) is 0 Å². The molecule has 1 fully saturated rings. The molecule has 0 unspecified atom stereocenters. The van der Waals surface area contributed by atoms with E-state index in [4.69, 9.17) is 13.9 Å². The summed E-state index contributed by atoms with van der Waals surface area (Å²) in [6.45, 7) is 18.3. The van der Waals surface area contributed by atoms with Gasteiger partial charge in [-0.25, -0.2) is 0 Å². The van der Waals surface area contributed by atoms with Crippen LogP contribution in [0.5, 0.6) is 0 Å². The second kappa shape index (κ2) is 7.77. The van der Waals surface area contributed by atoms with Crippen LogP contribution in [0.4, 0.5) is 0 Å². The van der Waals surface area contributed by atoms with Crippen LogP contribution in [-0.2, 0) is 13.9 Å². The maximum absolute atomic E-state index is 10.5. The Balaban J connectivity index is 2.64. The third-order valence-corrected chi connectivity index (χ3v) is 9.14. The van der Waals surface area contributed by atoms with Crippen LogP contribution in [0.3, 0.4) is 0 Å². The van der Waals surface area contributed by atoms with Gasteiger partial charge in [-0.15, -0.1) is 0 Å². The van der Waals surface area contributed by atoms with E-state index in [1.165, 1.54) is 0 Å². The van der Waals surface area contributed by atoms with Crippen LogP contribution in [0.2, 0.25) is 18.1 Å². The van der Waals surface area contributed by atoms with E-state index < -0.39 is 14.4 Å². The summed E-state index contributed by atoms with van der Waals surface area (Å²) in [5.41, 5.74) is 0.965. The molecule has 1 saturated heterocycles. The van der Waals surface area contributed by atoms with Gasteiger partial charge in [-0.1, -0.05) is 27.4 Å². The molecule has 0 saturated carbocycles. The van der Waals surface area contributed by atoms with Crippen molar-refractivity contribution in [1.82, 2.24) is 0 Å². The first-order chi connectivity index (χ1) is 10.1. The fraction of sp³-hybridized carbons (Fsp3) is 0.765. The lowest BCUT2D eigenvalue weighted by atomic mass is 9.94. The Morgan fingerprint density at radius 2 is 2.09 bits per heavy atom. The number of aliphatic hydroxyl groups is 1. The molecule has 0 amide bonds. The van der Waals surface area contributed by atoms with Crippen LogP contribution < -0.4 is 0 Å². The Labute approximate surface area is 136 Å². The molecule has 1 rings (SSSR count).